The Morgan fingerprint density at radius 3 is 2.69 bits per heavy atom. The Labute approximate surface area is 76.8 Å². The fraction of sp³-hybridized carbons (Fsp3) is 0.200. The van der Waals surface area contributed by atoms with Crippen LogP contribution in [0.4, 0.5) is 0 Å². The number of benzene rings is 1. The number of carbonyl (C=O) groups excluding carboxylic acids is 1. The normalized spacial score (nSPS) is 11.8. The molecule has 0 bridgehead atoms. The van der Waals surface area contributed by atoms with Gasteiger partial charge in [0, 0.05) is 5.56 Å². The van der Waals surface area contributed by atoms with E-state index in [4.69, 9.17) is 11.0 Å². The molecule has 0 amide bonds. The number of Topliss-reactive ketones (excluding diaryl/α,β-unsaturated/α-hetero) is 1. The maximum Gasteiger partial charge on any atom is 0.194 e. The number of hydrogen-bond acceptors (Lipinski definition) is 3. The summed E-state index contributed by atoms with van der Waals surface area (Å²) in [6.07, 6.45) is 0. The number of nitrogens with zero attached hydrogens (tertiary/aromatic N) is 1. The summed E-state index contributed by atoms with van der Waals surface area (Å²) >= 11 is 0. The summed E-state index contributed by atoms with van der Waals surface area (Å²) in [4.78, 5) is 11.4. The second kappa shape index (κ2) is 3.83. The maximum atomic E-state index is 11.4. The average Bonchev–Trinajstić information content (AvgIpc) is 2.16. The lowest BCUT2D eigenvalue weighted by Gasteiger charge is -2.04. The Bertz CT molecular complexity index is 365. The summed E-state index contributed by atoms with van der Waals surface area (Å²) in [7, 11) is 0. The van der Waals surface area contributed by atoms with Crippen LogP contribution < -0.4 is 5.73 Å². The molecule has 0 radical (unpaired) electrons. The van der Waals surface area contributed by atoms with Gasteiger partial charge in [-0.25, -0.2) is 0 Å². The van der Waals surface area contributed by atoms with E-state index in [0.29, 0.717) is 5.56 Å². The first-order valence-electron chi connectivity index (χ1n) is 3.92. The van der Waals surface area contributed by atoms with Crippen molar-refractivity contribution >= 4 is 5.78 Å². The Balaban J connectivity index is 3.04. The molecule has 1 aromatic carbocycles. The van der Waals surface area contributed by atoms with Crippen molar-refractivity contribution < 1.29 is 4.79 Å². The van der Waals surface area contributed by atoms with Gasteiger partial charge >= 0.3 is 0 Å². The van der Waals surface area contributed by atoms with Gasteiger partial charge in [0.2, 0.25) is 0 Å². The van der Waals surface area contributed by atoms with Gasteiger partial charge in [-0.05, 0) is 12.5 Å². The van der Waals surface area contributed by atoms with E-state index in [0.717, 1.165) is 5.56 Å². The Morgan fingerprint density at radius 1 is 1.54 bits per heavy atom. The third-order valence-electron chi connectivity index (χ3n) is 1.83. The van der Waals surface area contributed by atoms with Crippen molar-refractivity contribution in [1.82, 2.24) is 0 Å². The molecule has 1 aromatic rings. The Kier molecular flexibility index (Phi) is 2.78. The van der Waals surface area contributed by atoms with Crippen molar-refractivity contribution in [3.63, 3.8) is 0 Å². The van der Waals surface area contributed by atoms with Crippen molar-refractivity contribution in [2.45, 2.75) is 13.0 Å². The number of nitrogens with two attached hydrogens (primary N) is 1. The number of hydrogen-bond donors (Lipinski definition) is 1. The molecule has 0 aromatic heterocycles. The highest BCUT2D eigenvalue weighted by Gasteiger charge is 2.15. The lowest BCUT2D eigenvalue weighted by Crippen LogP contribution is -2.29. The highest BCUT2D eigenvalue weighted by molar-refractivity contribution is 6.02. The van der Waals surface area contributed by atoms with Crippen LogP contribution in [0.1, 0.15) is 15.9 Å². The van der Waals surface area contributed by atoms with Crippen molar-refractivity contribution in [2.24, 2.45) is 5.73 Å². The first-order chi connectivity index (χ1) is 6.16. The summed E-state index contributed by atoms with van der Waals surface area (Å²) in [5.74, 6) is -0.319. The standard InChI is InChI=1S/C10H10N2O/c1-7-4-2-3-5-8(7)10(13)9(12)6-11/h2-5,9H,12H2,1H3. The first kappa shape index (κ1) is 9.43. The van der Waals surface area contributed by atoms with Crippen LogP contribution in [0.5, 0.6) is 0 Å². The molecule has 66 valence electrons. The molecule has 0 fully saturated rings. The molecule has 0 saturated carbocycles. The maximum absolute atomic E-state index is 11.4. The number of aryl methyl sites for hydroxylation is 1. The zero-order chi connectivity index (χ0) is 9.84. The van der Waals surface area contributed by atoms with Gasteiger partial charge in [-0.15, -0.1) is 0 Å². The van der Waals surface area contributed by atoms with Crippen LogP contribution in [0.3, 0.4) is 0 Å². The highest BCUT2D eigenvalue weighted by Crippen LogP contribution is 2.08. The van der Waals surface area contributed by atoms with Gasteiger partial charge in [0.1, 0.15) is 0 Å². The minimum Gasteiger partial charge on any atom is -0.309 e. The van der Waals surface area contributed by atoms with Gasteiger partial charge < -0.3 is 5.73 Å². The predicted molar refractivity (Wildman–Crippen MR) is 49.1 cm³/mol. The van der Waals surface area contributed by atoms with Crippen LogP contribution in [-0.2, 0) is 0 Å². The second-order valence-electron chi connectivity index (χ2n) is 2.79. The minimum atomic E-state index is -1.05. The SMILES string of the molecule is Cc1ccccc1C(=O)C(N)C#N. The van der Waals surface area contributed by atoms with Gasteiger partial charge in [0.25, 0.3) is 0 Å². The van der Waals surface area contributed by atoms with Crippen molar-refractivity contribution in [1.29, 1.82) is 5.26 Å². The van der Waals surface area contributed by atoms with Crippen molar-refractivity contribution in [2.75, 3.05) is 0 Å². The topological polar surface area (TPSA) is 66.9 Å². The zero-order valence-corrected chi connectivity index (χ0v) is 7.32. The number of rotatable bonds is 2. The summed E-state index contributed by atoms with van der Waals surface area (Å²) in [5, 5.41) is 8.46. The van der Waals surface area contributed by atoms with E-state index in [9.17, 15) is 4.79 Å². The van der Waals surface area contributed by atoms with E-state index >= 15 is 0 Å². The quantitative estimate of drug-likeness (QED) is 0.681. The molecule has 0 aliphatic carbocycles. The van der Waals surface area contributed by atoms with Gasteiger partial charge in [-0.1, -0.05) is 24.3 Å². The predicted octanol–water partition coefficient (Wildman–Crippen LogP) is 1.03. The van der Waals surface area contributed by atoms with Crippen LogP contribution >= 0.6 is 0 Å². The molecule has 0 spiro atoms. The van der Waals surface area contributed by atoms with E-state index in [2.05, 4.69) is 0 Å². The molecule has 2 N–H and O–H groups in total. The Hall–Kier alpha value is -1.66. The molecule has 3 heteroatoms. The van der Waals surface area contributed by atoms with Crippen molar-refractivity contribution in [3.8, 4) is 6.07 Å². The van der Waals surface area contributed by atoms with Gasteiger partial charge in [0.05, 0.1) is 6.07 Å². The van der Waals surface area contributed by atoms with Crippen LogP contribution in [0.2, 0.25) is 0 Å². The number of nitriles is 1. The average molecular weight is 174 g/mol. The van der Waals surface area contributed by atoms with Crippen molar-refractivity contribution in [3.05, 3.63) is 35.4 Å². The second-order valence-corrected chi connectivity index (χ2v) is 2.79. The third kappa shape index (κ3) is 1.92. The van der Waals surface area contributed by atoms with E-state index < -0.39 is 6.04 Å². The van der Waals surface area contributed by atoms with E-state index in [1.54, 1.807) is 18.2 Å². The molecule has 3 nitrogen and oxygen atoms in total. The smallest absolute Gasteiger partial charge is 0.194 e. The molecule has 1 unspecified atom stereocenters. The van der Waals surface area contributed by atoms with Gasteiger partial charge in [-0.2, -0.15) is 5.26 Å². The third-order valence-corrected chi connectivity index (χ3v) is 1.83. The largest absolute Gasteiger partial charge is 0.309 e. The summed E-state index contributed by atoms with van der Waals surface area (Å²) in [5.41, 5.74) is 6.68. The lowest BCUT2D eigenvalue weighted by molar-refractivity contribution is 0.0980. The molecule has 0 aliphatic heterocycles. The van der Waals surface area contributed by atoms with E-state index in [1.165, 1.54) is 0 Å². The zero-order valence-electron chi connectivity index (χ0n) is 7.32. The van der Waals surface area contributed by atoms with E-state index in [-0.39, 0.29) is 5.78 Å². The minimum absolute atomic E-state index is 0.319. The molecule has 0 aliphatic rings. The Morgan fingerprint density at radius 2 is 2.15 bits per heavy atom. The van der Waals surface area contributed by atoms with Crippen LogP contribution in [0.15, 0.2) is 24.3 Å². The summed E-state index contributed by atoms with van der Waals surface area (Å²) < 4.78 is 0. The fourth-order valence-corrected chi connectivity index (χ4v) is 1.08. The van der Waals surface area contributed by atoms with Gasteiger partial charge in [0.15, 0.2) is 11.8 Å². The molecule has 0 saturated heterocycles. The van der Waals surface area contributed by atoms with Crippen LogP contribution in [0, 0.1) is 18.3 Å². The summed E-state index contributed by atoms with van der Waals surface area (Å²) in [6, 6.07) is 7.75. The fourth-order valence-electron chi connectivity index (χ4n) is 1.08. The highest BCUT2D eigenvalue weighted by atomic mass is 16.1. The summed E-state index contributed by atoms with van der Waals surface area (Å²) in [6.45, 7) is 1.82. The number of carbonyl (C=O) groups is 1. The molecular formula is C10H10N2O. The first-order valence-corrected chi connectivity index (χ1v) is 3.92. The molecule has 13 heavy (non-hydrogen) atoms. The molecule has 1 rings (SSSR count). The van der Waals surface area contributed by atoms with Crippen LogP contribution in [0.25, 0.3) is 0 Å². The van der Waals surface area contributed by atoms with Crippen LogP contribution in [-0.4, -0.2) is 11.8 Å². The van der Waals surface area contributed by atoms with Gasteiger partial charge in [-0.3, -0.25) is 4.79 Å². The number of ketones is 1. The molecule has 0 heterocycles. The van der Waals surface area contributed by atoms with E-state index in [1.807, 2.05) is 19.1 Å². The molecule has 1 atom stereocenters. The monoisotopic (exact) mass is 174 g/mol. The molecular weight excluding hydrogens is 164 g/mol. The lowest BCUT2D eigenvalue weighted by atomic mass is 10.0.